The molecule has 0 aliphatic heterocycles. The molecule has 3 aromatic rings. The van der Waals surface area contributed by atoms with Gasteiger partial charge in [0.05, 0.1) is 0 Å². The second-order valence-corrected chi connectivity index (χ2v) is 9.40. The number of benzene rings is 2. The van der Waals surface area contributed by atoms with Crippen molar-refractivity contribution in [2.75, 3.05) is 11.4 Å². The van der Waals surface area contributed by atoms with E-state index in [9.17, 15) is 18.0 Å². The van der Waals surface area contributed by atoms with Crippen molar-refractivity contribution in [3.05, 3.63) is 76.6 Å². The summed E-state index contributed by atoms with van der Waals surface area (Å²) in [5.41, 5.74) is 4.02. The first-order valence-electron chi connectivity index (χ1n) is 12.1. The number of rotatable bonds is 11. The van der Waals surface area contributed by atoms with Crippen LogP contribution in [0.2, 0.25) is 0 Å². The number of anilines is 1. The zero-order valence-electron chi connectivity index (χ0n) is 21.7. The van der Waals surface area contributed by atoms with E-state index >= 15 is 0 Å². The minimum Gasteiger partial charge on any atom is -0.480 e. The Morgan fingerprint density at radius 1 is 0.919 bits per heavy atom. The van der Waals surface area contributed by atoms with E-state index in [4.69, 9.17) is 4.74 Å². The highest BCUT2D eigenvalue weighted by molar-refractivity contribution is 5.62. The van der Waals surface area contributed by atoms with Crippen LogP contribution in [0.3, 0.4) is 0 Å². The molecule has 0 bridgehead atoms. The van der Waals surface area contributed by atoms with Crippen LogP contribution < -0.4 is 14.4 Å². The third kappa shape index (κ3) is 7.93. The molecule has 198 valence electrons. The zero-order chi connectivity index (χ0) is 27.2. The van der Waals surface area contributed by atoms with Gasteiger partial charge in [0.15, 0.2) is 11.9 Å². The molecule has 0 radical (unpaired) electrons. The van der Waals surface area contributed by atoms with E-state index in [1.165, 1.54) is 12.1 Å². The van der Waals surface area contributed by atoms with Crippen LogP contribution in [0.5, 0.6) is 11.5 Å². The van der Waals surface area contributed by atoms with E-state index in [1.807, 2.05) is 37.8 Å². The SMILES string of the molecule is CCc1cnc(N(CCc2ccc(OC(C)(C)C=O)c(C)c2C)Cc2ccc(OC(F)(F)F)cc2)nc1. The van der Waals surface area contributed by atoms with Gasteiger partial charge in [-0.1, -0.05) is 25.1 Å². The first-order chi connectivity index (χ1) is 17.4. The molecule has 0 fully saturated rings. The van der Waals surface area contributed by atoms with Gasteiger partial charge in [-0.15, -0.1) is 13.2 Å². The monoisotopic (exact) mass is 515 g/mol. The predicted molar refractivity (Wildman–Crippen MR) is 136 cm³/mol. The Labute approximate surface area is 215 Å². The molecule has 0 unspecified atom stereocenters. The van der Waals surface area contributed by atoms with Crippen molar-refractivity contribution in [1.29, 1.82) is 0 Å². The first-order valence-corrected chi connectivity index (χ1v) is 12.1. The van der Waals surface area contributed by atoms with Crippen molar-refractivity contribution >= 4 is 12.2 Å². The molecule has 0 saturated heterocycles. The van der Waals surface area contributed by atoms with Gasteiger partial charge in [0.25, 0.3) is 0 Å². The van der Waals surface area contributed by atoms with Crippen LogP contribution in [0, 0.1) is 13.8 Å². The fourth-order valence-corrected chi connectivity index (χ4v) is 3.76. The summed E-state index contributed by atoms with van der Waals surface area (Å²) >= 11 is 0. The fraction of sp³-hybridized carbons (Fsp3) is 0.393. The van der Waals surface area contributed by atoms with Crippen molar-refractivity contribution < 1.29 is 27.4 Å². The number of halogens is 3. The van der Waals surface area contributed by atoms with E-state index in [-0.39, 0.29) is 5.75 Å². The molecule has 2 aromatic carbocycles. The van der Waals surface area contributed by atoms with E-state index in [0.717, 1.165) is 40.5 Å². The molecule has 0 amide bonds. The molecule has 0 spiro atoms. The topological polar surface area (TPSA) is 64.6 Å². The van der Waals surface area contributed by atoms with Crippen molar-refractivity contribution in [3.8, 4) is 11.5 Å². The molecule has 0 N–H and O–H groups in total. The van der Waals surface area contributed by atoms with E-state index in [1.54, 1.807) is 38.4 Å². The average Bonchev–Trinajstić information content (AvgIpc) is 2.86. The van der Waals surface area contributed by atoms with Crippen molar-refractivity contribution in [3.63, 3.8) is 0 Å². The lowest BCUT2D eigenvalue weighted by Crippen LogP contribution is -2.30. The van der Waals surface area contributed by atoms with Crippen molar-refractivity contribution in [2.24, 2.45) is 0 Å². The molecule has 0 atom stereocenters. The number of ether oxygens (including phenoxy) is 2. The van der Waals surface area contributed by atoms with Crippen LogP contribution in [0.1, 0.15) is 48.6 Å². The van der Waals surface area contributed by atoms with Gasteiger partial charge < -0.3 is 14.4 Å². The standard InChI is InChI=1S/C28H32F3N3O3/c1-6-21-15-32-26(33-16-21)34(17-22-7-10-24(11-8-22)36-28(29,30)31)14-13-23-9-12-25(20(3)19(23)2)37-27(4,5)18-35/h7-12,15-16,18H,6,13-14,17H2,1-5H3. The summed E-state index contributed by atoms with van der Waals surface area (Å²) < 4.78 is 47.4. The lowest BCUT2D eigenvalue weighted by Gasteiger charge is -2.25. The molecule has 0 aliphatic rings. The van der Waals surface area contributed by atoms with Gasteiger partial charge in [-0.3, -0.25) is 4.79 Å². The lowest BCUT2D eigenvalue weighted by molar-refractivity contribution is -0.274. The number of aromatic nitrogens is 2. The van der Waals surface area contributed by atoms with Gasteiger partial charge in [0.2, 0.25) is 5.95 Å². The quantitative estimate of drug-likeness (QED) is 0.285. The molecule has 9 heteroatoms. The number of alkyl halides is 3. The maximum absolute atomic E-state index is 12.5. The number of hydrogen-bond donors (Lipinski definition) is 0. The van der Waals surface area contributed by atoms with Crippen molar-refractivity contribution in [1.82, 2.24) is 9.97 Å². The maximum atomic E-state index is 12.5. The Bertz CT molecular complexity index is 1190. The number of nitrogens with zero attached hydrogens (tertiary/aromatic N) is 3. The van der Waals surface area contributed by atoms with Crippen LogP contribution in [0.25, 0.3) is 0 Å². The van der Waals surface area contributed by atoms with Crippen LogP contribution in [0.15, 0.2) is 48.8 Å². The molecule has 6 nitrogen and oxygen atoms in total. The van der Waals surface area contributed by atoms with Crippen LogP contribution in [-0.2, 0) is 24.2 Å². The largest absolute Gasteiger partial charge is 0.573 e. The number of hydrogen-bond acceptors (Lipinski definition) is 6. The van der Waals surface area contributed by atoms with Gasteiger partial charge in [-0.05, 0) is 86.6 Å². The molecule has 1 aromatic heterocycles. The van der Waals surface area contributed by atoms with Gasteiger partial charge >= 0.3 is 6.36 Å². The summed E-state index contributed by atoms with van der Waals surface area (Å²) in [6, 6.07) is 9.67. The smallest absolute Gasteiger partial charge is 0.480 e. The molecule has 3 rings (SSSR count). The van der Waals surface area contributed by atoms with Gasteiger partial charge in [-0.2, -0.15) is 0 Å². The Kier molecular flexibility index (Phi) is 8.78. The normalized spacial score (nSPS) is 11.8. The predicted octanol–water partition coefficient (Wildman–Crippen LogP) is 6.16. The molecular formula is C28H32F3N3O3. The minimum atomic E-state index is -4.73. The van der Waals surface area contributed by atoms with Crippen molar-refractivity contribution in [2.45, 2.75) is 66.0 Å². The first kappa shape index (κ1) is 28.0. The summed E-state index contributed by atoms with van der Waals surface area (Å²) in [6.07, 6.45) is 1.10. The highest BCUT2D eigenvalue weighted by atomic mass is 19.4. The summed E-state index contributed by atoms with van der Waals surface area (Å²) in [4.78, 5) is 22.3. The molecular weight excluding hydrogens is 483 g/mol. The second kappa shape index (κ2) is 11.6. The molecule has 1 heterocycles. The van der Waals surface area contributed by atoms with Gasteiger partial charge in [-0.25, -0.2) is 9.97 Å². The summed E-state index contributed by atoms with van der Waals surface area (Å²) in [5, 5.41) is 0. The van der Waals surface area contributed by atoms with Crippen LogP contribution >= 0.6 is 0 Å². The zero-order valence-corrected chi connectivity index (χ0v) is 21.7. The molecule has 0 saturated carbocycles. The third-order valence-electron chi connectivity index (χ3n) is 6.07. The number of carbonyl (C=O) groups excluding carboxylic acids is 1. The average molecular weight is 516 g/mol. The molecule has 37 heavy (non-hydrogen) atoms. The summed E-state index contributed by atoms with van der Waals surface area (Å²) in [7, 11) is 0. The van der Waals surface area contributed by atoms with Crippen LogP contribution in [0.4, 0.5) is 19.1 Å². The number of aryl methyl sites for hydroxylation is 1. The van der Waals surface area contributed by atoms with E-state index < -0.39 is 12.0 Å². The Balaban J connectivity index is 1.80. The Hall–Kier alpha value is -3.62. The van der Waals surface area contributed by atoms with Gasteiger partial charge in [0.1, 0.15) is 11.5 Å². The highest BCUT2D eigenvalue weighted by Crippen LogP contribution is 2.28. The maximum Gasteiger partial charge on any atom is 0.573 e. The fourth-order valence-electron chi connectivity index (χ4n) is 3.76. The highest BCUT2D eigenvalue weighted by Gasteiger charge is 2.31. The van der Waals surface area contributed by atoms with E-state index in [0.29, 0.717) is 31.2 Å². The number of carbonyl (C=O) groups is 1. The van der Waals surface area contributed by atoms with Gasteiger partial charge in [0, 0.05) is 25.5 Å². The second-order valence-electron chi connectivity index (χ2n) is 9.40. The third-order valence-corrected chi connectivity index (χ3v) is 6.07. The Morgan fingerprint density at radius 2 is 1.57 bits per heavy atom. The Morgan fingerprint density at radius 3 is 2.14 bits per heavy atom. The summed E-state index contributed by atoms with van der Waals surface area (Å²) in [6.45, 7) is 10.4. The van der Waals surface area contributed by atoms with E-state index in [2.05, 4.69) is 14.7 Å². The lowest BCUT2D eigenvalue weighted by atomic mass is 9.99. The minimum absolute atomic E-state index is 0.266. The number of aldehydes is 1. The summed E-state index contributed by atoms with van der Waals surface area (Å²) in [5.74, 6) is 0.933. The van der Waals surface area contributed by atoms with Crippen LogP contribution in [-0.4, -0.2) is 34.8 Å². The molecule has 0 aliphatic carbocycles.